The molecule has 0 radical (unpaired) electrons. The number of carboxylic acid groups (broad SMARTS) is 2. The fourth-order valence-corrected chi connectivity index (χ4v) is 3.06. The molecule has 1 aliphatic rings. The highest BCUT2D eigenvalue weighted by atomic mass is 35.5. The number of fused-ring (bicyclic) bond motifs is 1. The number of nitrogens with zero attached hydrogens (tertiary/aromatic N) is 1. The van der Waals surface area contributed by atoms with Crippen LogP contribution in [0.4, 0.5) is 0 Å². The Morgan fingerprint density at radius 2 is 1.64 bits per heavy atom. The van der Waals surface area contributed by atoms with Crippen LogP contribution in [0.25, 0.3) is 12.2 Å². The molecule has 0 fully saturated rings. The molecular weight excluding hydrogens is 380 g/mol. The maximum Gasteiger partial charge on any atom is 0.303 e. The first-order valence-corrected chi connectivity index (χ1v) is 9.38. The van der Waals surface area contributed by atoms with Crippen LogP contribution in [0.15, 0.2) is 36.7 Å². The Bertz CT molecular complexity index is 824. The fourth-order valence-electron chi connectivity index (χ4n) is 2.82. The molecule has 7 heteroatoms. The second-order valence-corrected chi connectivity index (χ2v) is 6.66. The van der Waals surface area contributed by atoms with Gasteiger partial charge in [-0.05, 0) is 66.4 Å². The van der Waals surface area contributed by atoms with E-state index in [0.29, 0.717) is 0 Å². The quantitative estimate of drug-likeness (QED) is 0.707. The van der Waals surface area contributed by atoms with Gasteiger partial charge in [0, 0.05) is 17.4 Å². The van der Waals surface area contributed by atoms with Gasteiger partial charge in [-0.3, -0.25) is 14.6 Å². The van der Waals surface area contributed by atoms with Crippen molar-refractivity contribution >= 4 is 35.7 Å². The van der Waals surface area contributed by atoms with E-state index in [0.717, 1.165) is 42.1 Å². The van der Waals surface area contributed by atoms with E-state index in [2.05, 4.69) is 28.5 Å². The molecule has 3 rings (SSSR count). The minimum Gasteiger partial charge on any atom is -0.481 e. The zero-order valence-electron chi connectivity index (χ0n) is 15.4. The molecule has 148 valence electrons. The van der Waals surface area contributed by atoms with E-state index in [1.165, 1.54) is 11.1 Å². The van der Waals surface area contributed by atoms with Gasteiger partial charge < -0.3 is 15.5 Å². The normalized spacial score (nSPS) is 13.2. The van der Waals surface area contributed by atoms with Crippen molar-refractivity contribution in [2.24, 2.45) is 0 Å². The number of nitrogens with one attached hydrogen (secondary N) is 1. The number of pyridine rings is 1. The zero-order valence-corrected chi connectivity index (χ0v) is 16.2. The highest BCUT2D eigenvalue weighted by Gasteiger charge is 2.12. The van der Waals surface area contributed by atoms with Crippen molar-refractivity contribution in [3.8, 4) is 0 Å². The first kappa shape index (κ1) is 21.6. The summed E-state index contributed by atoms with van der Waals surface area (Å²) in [5.74, 6) is -2.15. The third-order valence-corrected chi connectivity index (χ3v) is 4.55. The van der Waals surface area contributed by atoms with Gasteiger partial charge in [0.1, 0.15) is 0 Å². The Morgan fingerprint density at radius 3 is 2.29 bits per heavy atom. The summed E-state index contributed by atoms with van der Waals surface area (Å²) < 4.78 is 0. The summed E-state index contributed by atoms with van der Waals surface area (Å²) >= 11 is 6.40. The van der Waals surface area contributed by atoms with Crippen LogP contribution in [0.2, 0.25) is 5.02 Å². The number of aliphatic carboxylic acids is 2. The highest BCUT2D eigenvalue weighted by Crippen LogP contribution is 2.27. The van der Waals surface area contributed by atoms with Crippen LogP contribution >= 0.6 is 11.6 Å². The number of carboxylic acids is 2. The molecule has 0 bridgehead atoms. The van der Waals surface area contributed by atoms with E-state index in [1.807, 2.05) is 18.2 Å². The molecule has 1 aliphatic heterocycles. The lowest BCUT2D eigenvalue weighted by Gasteiger charge is -2.11. The number of hydrogen-bond donors (Lipinski definition) is 3. The van der Waals surface area contributed by atoms with Gasteiger partial charge in [-0.1, -0.05) is 29.8 Å². The second kappa shape index (κ2) is 11.2. The molecule has 0 aliphatic carbocycles. The van der Waals surface area contributed by atoms with Crippen molar-refractivity contribution in [3.05, 3.63) is 63.9 Å². The van der Waals surface area contributed by atoms with Gasteiger partial charge in [0.2, 0.25) is 0 Å². The van der Waals surface area contributed by atoms with Crippen LogP contribution in [-0.2, 0) is 22.4 Å². The summed E-state index contributed by atoms with van der Waals surface area (Å²) in [5, 5.41) is 20.1. The molecule has 3 N–H and O–H groups in total. The average molecular weight is 403 g/mol. The van der Waals surface area contributed by atoms with E-state index < -0.39 is 11.9 Å². The van der Waals surface area contributed by atoms with Gasteiger partial charge in [-0.25, -0.2) is 0 Å². The Hall–Kier alpha value is -2.70. The summed E-state index contributed by atoms with van der Waals surface area (Å²) in [7, 11) is 0. The molecule has 0 atom stereocenters. The summed E-state index contributed by atoms with van der Waals surface area (Å²) in [6, 6.07) is 8.16. The number of hydrogen-bond acceptors (Lipinski definition) is 4. The Morgan fingerprint density at radius 1 is 1.00 bits per heavy atom. The number of aromatic nitrogens is 1. The average Bonchev–Trinajstić information content (AvgIpc) is 2.92. The Labute approximate surface area is 168 Å². The van der Waals surface area contributed by atoms with Crippen LogP contribution < -0.4 is 5.32 Å². The summed E-state index contributed by atoms with van der Waals surface area (Å²) in [5.41, 5.74) is 5.09. The van der Waals surface area contributed by atoms with Crippen molar-refractivity contribution in [3.63, 3.8) is 0 Å². The lowest BCUT2D eigenvalue weighted by molar-refractivity contribution is -0.143. The first-order chi connectivity index (χ1) is 13.5. The van der Waals surface area contributed by atoms with Crippen molar-refractivity contribution < 1.29 is 19.8 Å². The molecular formula is C21H23ClN2O4. The lowest BCUT2D eigenvalue weighted by Crippen LogP contribution is -2.16. The topological polar surface area (TPSA) is 99.5 Å². The number of halogens is 1. The molecule has 0 saturated heterocycles. The zero-order chi connectivity index (χ0) is 20.4. The monoisotopic (exact) mass is 402 g/mol. The molecule has 0 amide bonds. The summed E-state index contributed by atoms with van der Waals surface area (Å²) in [6.45, 7) is 2.06. The maximum atomic E-state index is 9.64. The number of carbonyl (C=O) groups is 2. The van der Waals surface area contributed by atoms with Crippen LogP contribution in [0.5, 0.6) is 0 Å². The van der Waals surface area contributed by atoms with E-state index in [9.17, 15) is 9.59 Å². The lowest BCUT2D eigenvalue weighted by atomic mass is 9.96. The third-order valence-electron chi connectivity index (χ3n) is 4.23. The summed E-state index contributed by atoms with van der Waals surface area (Å²) in [6.07, 6.45) is 9.34. The van der Waals surface area contributed by atoms with E-state index in [4.69, 9.17) is 21.8 Å². The fraction of sp³-hybridized carbons (Fsp3) is 0.286. The molecule has 2 heterocycles. The van der Waals surface area contributed by atoms with Crippen molar-refractivity contribution in [1.82, 2.24) is 10.3 Å². The minimum atomic E-state index is -1.08. The second-order valence-electron chi connectivity index (χ2n) is 6.25. The third kappa shape index (κ3) is 7.13. The Balaban J connectivity index is 0.000000300. The van der Waals surface area contributed by atoms with Gasteiger partial charge in [0.05, 0.1) is 12.8 Å². The van der Waals surface area contributed by atoms with Gasteiger partial charge in [-0.15, -0.1) is 0 Å². The molecule has 6 nitrogen and oxygen atoms in total. The predicted molar refractivity (Wildman–Crippen MR) is 109 cm³/mol. The van der Waals surface area contributed by atoms with Crippen LogP contribution in [0.1, 0.15) is 35.1 Å². The van der Waals surface area contributed by atoms with Gasteiger partial charge >= 0.3 is 11.9 Å². The standard InChI is InChI=1S/C17H17ClN2.C4H6O4/c18-17-4-2-14-7-11-20-12-8-15(14)16(17)3-1-13-5-9-19-10-6-13;5-3(6)1-2-4(7)8/h1-6,9-10,20H,7-8,11-12H2;1-2H2,(H,5,6)(H,7,8). The molecule has 2 aromatic rings. The van der Waals surface area contributed by atoms with Gasteiger partial charge in [0.25, 0.3) is 0 Å². The molecule has 0 spiro atoms. The van der Waals surface area contributed by atoms with E-state index >= 15 is 0 Å². The molecule has 0 saturated carbocycles. The molecule has 1 aromatic heterocycles. The number of benzene rings is 1. The van der Waals surface area contributed by atoms with Crippen molar-refractivity contribution in [2.75, 3.05) is 13.1 Å². The SMILES string of the molecule is Clc1ccc2c(c1C=Cc1ccncc1)CCNCC2.O=C(O)CCC(=O)O. The van der Waals surface area contributed by atoms with Gasteiger partial charge in [0.15, 0.2) is 0 Å². The number of rotatable bonds is 5. The maximum absolute atomic E-state index is 9.64. The predicted octanol–water partition coefficient (Wildman–Crippen LogP) is 3.53. The Kier molecular flexibility index (Phi) is 8.65. The molecule has 1 aromatic carbocycles. The minimum absolute atomic E-state index is 0.296. The van der Waals surface area contributed by atoms with Gasteiger partial charge in [-0.2, -0.15) is 0 Å². The summed E-state index contributed by atoms with van der Waals surface area (Å²) in [4.78, 5) is 23.3. The van der Waals surface area contributed by atoms with Crippen LogP contribution in [-0.4, -0.2) is 40.2 Å². The van der Waals surface area contributed by atoms with Crippen molar-refractivity contribution in [1.29, 1.82) is 0 Å². The van der Waals surface area contributed by atoms with Crippen molar-refractivity contribution in [2.45, 2.75) is 25.7 Å². The molecule has 0 unspecified atom stereocenters. The molecule has 28 heavy (non-hydrogen) atoms. The highest BCUT2D eigenvalue weighted by molar-refractivity contribution is 6.32. The smallest absolute Gasteiger partial charge is 0.303 e. The van der Waals surface area contributed by atoms with Crippen LogP contribution in [0, 0.1) is 0 Å². The largest absolute Gasteiger partial charge is 0.481 e. The van der Waals surface area contributed by atoms with E-state index in [-0.39, 0.29) is 12.8 Å². The van der Waals surface area contributed by atoms with E-state index in [1.54, 1.807) is 12.4 Å². The van der Waals surface area contributed by atoms with Crippen LogP contribution in [0.3, 0.4) is 0 Å². The first-order valence-electron chi connectivity index (χ1n) is 9.00.